The maximum absolute atomic E-state index is 12.9. The average molecular weight is 278 g/mol. The summed E-state index contributed by atoms with van der Waals surface area (Å²) in [5, 5.41) is 0. The number of carbonyl (C=O) groups is 1. The van der Waals surface area contributed by atoms with Crippen LogP contribution >= 0.6 is 0 Å². The van der Waals surface area contributed by atoms with Gasteiger partial charge in [-0.1, -0.05) is 60.7 Å². The summed E-state index contributed by atoms with van der Waals surface area (Å²) in [5.74, 6) is 1.02. The van der Waals surface area contributed by atoms with Crippen molar-refractivity contribution in [1.82, 2.24) is 4.90 Å². The third-order valence-electron chi connectivity index (χ3n) is 4.02. The van der Waals surface area contributed by atoms with E-state index in [1.54, 1.807) is 0 Å². The van der Waals surface area contributed by atoms with E-state index in [0.29, 0.717) is 0 Å². The molecular formula is C18H18N2O. The number of ketones is 1. The Morgan fingerprint density at radius 1 is 1.00 bits per heavy atom. The van der Waals surface area contributed by atoms with Crippen LogP contribution < -0.4 is 0 Å². The number of rotatable bonds is 3. The van der Waals surface area contributed by atoms with Gasteiger partial charge in [0.25, 0.3) is 0 Å². The first-order valence-electron chi connectivity index (χ1n) is 7.10. The van der Waals surface area contributed by atoms with Gasteiger partial charge in [0.15, 0.2) is 5.78 Å². The molecule has 0 aromatic heterocycles. The summed E-state index contributed by atoms with van der Waals surface area (Å²) >= 11 is 0. The summed E-state index contributed by atoms with van der Waals surface area (Å²) in [7, 11) is 1.94. The van der Waals surface area contributed by atoms with Crippen molar-refractivity contribution in [3.63, 3.8) is 0 Å². The Labute approximate surface area is 124 Å². The molecule has 1 aliphatic rings. The van der Waals surface area contributed by atoms with Crippen molar-refractivity contribution in [2.24, 2.45) is 4.99 Å². The van der Waals surface area contributed by atoms with Crippen molar-refractivity contribution in [3.05, 3.63) is 71.8 Å². The molecule has 2 aromatic rings. The van der Waals surface area contributed by atoms with Crippen molar-refractivity contribution >= 4 is 11.6 Å². The van der Waals surface area contributed by atoms with Gasteiger partial charge in [-0.05, 0) is 12.5 Å². The number of Topliss-reactive ketones (excluding diaryl/α,β-unsaturated/α-hetero) is 1. The van der Waals surface area contributed by atoms with Crippen molar-refractivity contribution < 1.29 is 4.79 Å². The SMILES string of the molecule is CC1=NC(c2ccccc2)C(C(=O)c2ccccc2)N1C. The Bertz CT molecular complexity index is 664. The second-order valence-electron chi connectivity index (χ2n) is 5.32. The number of amidine groups is 1. The van der Waals surface area contributed by atoms with Crippen molar-refractivity contribution in [2.75, 3.05) is 7.05 Å². The van der Waals surface area contributed by atoms with Gasteiger partial charge < -0.3 is 4.90 Å². The highest BCUT2D eigenvalue weighted by Crippen LogP contribution is 2.32. The lowest BCUT2D eigenvalue weighted by Gasteiger charge is -2.25. The second kappa shape index (κ2) is 5.52. The first-order chi connectivity index (χ1) is 10.2. The second-order valence-corrected chi connectivity index (χ2v) is 5.32. The van der Waals surface area contributed by atoms with Gasteiger partial charge >= 0.3 is 0 Å². The highest BCUT2D eigenvalue weighted by atomic mass is 16.1. The highest BCUT2D eigenvalue weighted by Gasteiger charge is 2.38. The zero-order chi connectivity index (χ0) is 14.8. The average Bonchev–Trinajstić information content (AvgIpc) is 2.84. The van der Waals surface area contributed by atoms with E-state index in [1.165, 1.54) is 0 Å². The van der Waals surface area contributed by atoms with Crippen LogP contribution in [0.4, 0.5) is 0 Å². The summed E-state index contributed by atoms with van der Waals surface area (Å²) < 4.78 is 0. The van der Waals surface area contributed by atoms with E-state index in [2.05, 4.69) is 4.99 Å². The predicted octanol–water partition coefficient (Wildman–Crippen LogP) is 3.34. The van der Waals surface area contributed by atoms with Crippen molar-refractivity contribution in [2.45, 2.75) is 19.0 Å². The van der Waals surface area contributed by atoms with E-state index >= 15 is 0 Å². The van der Waals surface area contributed by atoms with E-state index < -0.39 is 0 Å². The molecule has 0 fully saturated rings. The maximum Gasteiger partial charge on any atom is 0.187 e. The Morgan fingerprint density at radius 2 is 1.57 bits per heavy atom. The zero-order valence-corrected chi connectivity index (χ0v) is 12.2. The van der Waals surface area contributed by atoms with Crippen LogP contribution in [-0.2, 0) is 0 Å². The molecule has 0 saturated carbocycles. The third-order valence-corrected chi connectivity index (χ3v) is 4.02. The van der Waals surface area contributed by atoms with Crippen LogP contribution in [0.5, 0.6) is 0 Å². The number of nitrogens with zero attached hydrogens (tertiary/aromatic N) is 2. The monoisotopic (exact) mass is 278 g/mol. The van der Waals surface area contributed by atoms with Crippen LogP contribution in [0.1, 0.15) is 28.9 Å². The molecule has 1 aliphatic heterocycles. The smallest absolute Gasteiger partial charge is 0.187 e. The van der Waals surface area contributed by atoms with Gasteiger partial charge in [0, 0.05) is 12.6 Å². The van der Waals surface area contributed by atoms with Gasteiger partial charge in [-0.3, -0.25) is 9.79 Å². The minimum absolute atomic E-state index is 0.118. The van der Waals surface area contributed by atoms with Crippen LogP contribution in [0.15, 0.2) is 65.7 Å². The predicted molar refractivity (Wildman–Crippen MR) is 84.6 cm³/mol. The van der Waals surface area contributed by atoms with Gasteiger partial charge in [-0.15, -0.1) is 0 Å². The molecule has 0 saturated heterocycles. The third kappa shape index (κ3) is 2.47. The molecule has 0 bridgehead atoms. The fourth-order valence-electron chi connectivity index (χ4n) is 2.78. The molecule has 2 atom stereocenters. The van der Waals surface area contributed by atoms with Crippen LogP contribution in [-0.4, -0.2) is 29.6 Å². The summed E-state index contributed by atoms with van der Waals surface area (Å²) in [5.41, 5.74) is 1.82. The first-order valence-corrected chi connectivity index (χ1v) is 7.10. The summed E-state index contributed by atoms with van der Waals surface area (Å²) in [4.78, 5) is 19.5. The van der Waals surface area contributed by atoms with E-state index in [9.17, 15) is 4.79 Å². The normalized spacial score (nSPS) is 21.2. The molecule has 3 nitrogen and oxygen atoms in total. The molecule has 21 heavy (non-hydrogen) atoms. The van der Waals surface area contributed by atoms with Crippen molar-refractivity contribution in [1.29, 1.82) is 0 Å². The molecule has 0 aliphatic carbocycles. The molecule has 0 N–H and O–H groups in total. The molecule has 0 amide bonds. The largest absolute Gasteiger partial charge is 0.351 e. The van der Waals surface area contributed by atoms with E-state index in [-0.39, 0.29) is 17.9 Å². The lowest BCUT2D eigenvalue weighted by molar-refractivity contribution is 0.0895. The topological polar surface area (TPSA) is 32.7 Å². The molecule has 1 heterocycles. The van der Waals surface area contributed by atoms with Gasteiger partial charge in [-0.2, -0.15) is 0 Å². The highest BCUT2D eigenvalue weighted by molar-refractivity contribution is 6.04. The lowest BCUT2D eigenvalue weighted by atomic mass is 9.93. The molecule has 0 spiro atoms. The van der Waals surface area contributed by atoms with Crippen molar-refractivity contribution in [3.8, 4) is 0 Å². The van der Waals surface area contributed by atoms with Gasteiger partial charge in [0.2, 0.25) is 0 Å². The standard InChI is InChI=1S/C18H18N2O/c1-13-19-16(14-9-5-3-6-10-14)17(20(13)2)18(21)15-11-7-4-8-12-15/h3-12,16-17H,1-2H3. The molecule has 2 unspecified atom stereocenters. The summed E-state index contributed by atoms with van der Waals surface area (Å²) in [6, 6.07) is 19.1. The molecule has 3 heteroatoms. The number of benzene rings is 2. The molecular weight excluding hydrogens is 260 g/mol. The van der Waals surface area contributed by atoms with Crippen LogP contribution in [0.25, 0.3) is 0 Å². The van der Waals surface area contributed by atoms with Crippen LogP contribution in [0.2, 0.25) is 0 Å². The van der Waals surface area contributed by atoms with Crippen LogP contribution in [0.3, 0.4) is 0 Å². The number of hydrogen-bond acceptors (Lipinski definition) is 3. The minimum Gasteiger partial charge on any atom is -0.351 e. The van der Waals surface area contributed by atoms with Gasteiger partial charge in [0.1, 0.15) is 12.1 Å². The maximum atomic E-state index is 12.9. The minimum atomic E-state index is -0.269. The Balaban J connectivity index is 1.98. The molecule has 3 rings (SSSR count). The molecule has 2 aromatic carbocycles. The van der Waals surface area contributed by atoms with E-state index in [4.69, 9.17) is 0 Å². The zero-order valence-electron chi connectivity index (χ0n) is 12.2. The fourth-order valence-corrected chi connectivity index (χ4v) is 2.78. The Kier molecular flexibility index (Phi) is 3.57. The molecule has 0 radical (unpaired) electrons. The van der Waals surface area contributed by atoms with Gasteiger partial charge in [0.05, 0.1) is 5.84 Å². The van der Waals surface area contributed by atoms with Crippen LogP contribution in [0, 0.1) is 0 Å². The number of carbonyl (C=O) groups excluding carboxylic acids is 1. The van der Waals surface area contributed by atoms with E-state index in [1.807, 2.05) is 79.5 Å². The lowest BCUT2D eigenvalue weighted by Crippen LogP contribution is -2.39. The number of aliphatic imine (C=N–C) groups is 1. The Hall–Kier alpha value is -2.42. The number of hydrogen-bond donors (Lipinski definition) is 0. The summed E-state index contributed by atoms with van der Waals surface area (Å²) in [6.45, 7) is 1.95. The van der Waals surface area contributed by atoms with Gasteiger partial charge in [-0.25, -0.2) is 0 Å². The Morgan fingerprint density at radius 3 is 2.19 bits per heavy atom. The molecule has 106 valence electrons. The summed E-state index contributed by atoms with van der Waals surface area (Å²) in [6.07, 6.45) is 0. The fraction of sp³-hybridized carbons (Fsp3) is 0.222. The first kappa shape index (κ1) is 13.6. The number of likely N-dealkylation sites (N-methyl/N-ethyl adjacent to an activating group) is 1. The van der Waals surface area contributed by atoms with E-state index in [0.717, 1.165) is 17.0 Å². The quantitative estimate of drug-likeness (QED) is 0.807.